The van der Waals surface area contributed by atoms with E-state index in [1.807, 2.05) is 25.1 Å². The number of benzene rings is 2. The molecule has 0 saturated heterocycles. The van der Waals surface area contributed by atoms with Crippen LogP contribution >= 0.6 is 0 Å². The van der Waals surface area contributed by atoms with Gasteiger partial charge in [0.2, 0.25) is 0 Å². The van der Waals surface area contributed by atoms with Gasteiger partial charge in [-0.3, -0.25) is 4.79 Å². The van der Waals surface area contributed by atoms with Crippen molar-refractivity contribution < 1.29 is 14.6 Å². The van der Waals surface area contributed by atoms with E-state index in [0.717, 1.165) is 28.9 Å². The van der Waals surface area contributed by atoms with Gasteiger partial charge in [0.25, 0.3) is 0 Å². The lowest BCUT2D eigenvalue weighted by atomic mass is 9.90. The highest BCUT2D eigenvalue weighted by Crippen LogP contribution is 2.27. The van der Waals surface area contributed by atoms with Crippen LogP contribution in [0.15, 0.2) is 42.5 Å². The predicted octanol–water partition coefficient (Wildman–Crippen LogP) is 3.54. The zero-order chi connectivity index (χ0) is 16.8. The van der Waals surface area contributed by atoms with Crippen LogP contribution in [0.3, 0.4) is 0 Å². The number of aliphatic carboxylic acids is 1. The minimum absolute atomic E-state index is 0.348. The third kappa shape index (κ3) is 3.89. The van der Waals surface area contributed by atoms with Crippen molar-refractivity contribution in [1.29, 1.82) is 5.26 Å². The van der Waals surface area contributed by atoms with Gasteiger partial charge in [-0.2, -0.15) is 5.26 Å². The van der Waals surface area contributed by atoms with Crippen LogP contribution in [-0.4, -0.2) is 18.2 Å². The number of carboxylic acids is 1. The van der Waals surface area contributed by atoms with Crippen LogP contribution in [-0.2, 0) is 17.6 Å². The predicted molar refractivity (Wildman–Crippen MR) is 87.6 cm³/mol. The monoisotopic (exact) mass is 309 g/mol. The summed E-state index contributed by atoms with van der Waals surface area (Å²) in [6.45, 7) is 2.01. The first-order valence-electron chi connectivity index (χ1n) is 7.47. The summed E-state index contributed by atoms with van der Waals surface area (Å²) in [4.78, 5) is 11.7. The number of nitrogens with zero attached hydrogens (tertiary/aromatic N) is 1. The maximum atomic E-state index is 11.7. The van der Waals surface area contributed by atoms with Crippen LogP contribution < -0.4 is 4.74 Å². The fraction of sp³-hybridized carbons (Fsp3) is 0.263. The minimum atomic E-state index is -0.875. The largest absolute Gasteiger partial charge is 0.496 e. The van der Waals surface area contributed by atoms with E-state index < -0.39 is 11.9 Å². The van der Waals surface area contributed by atoms with Gasteiger partial charge >= 0.3 is 5.97 Å². The Morgan fingerprint density at radius 1 is 1.30 bits per heavy atom. The number of aryl methyl sites for hydroxylation is 1. The van der Waals surface area contributed by atoms with Gasteiger partial charge in [-0.05, 0) is 47.7 Å². The van der Waals surface area contributed by atoms with Crippen LogP contribution in [0.5, 0.6) is 5.75 Å². The number of ether oxygens (including phenoxy) is 1. The van der Waals surface area contributed by atoms with E-state index in [9.17, 15) is 9.90 Å². The molecule has 118 valence electrons. The number of hydrogen-bond acceptors (Lipinski definition) is 3. The Hall–Kier alpha value is -2.80. The molecule has 4 nitrogen and oxygen atoms in total. The van der Waals surface area contributed by atoms with Crippen molar-refractivity contribution in [3.05, 3.63) is 64.7 Å². The number of nitriles is 1. The first-order valence-corrected chi connectivity index (χ1v) is 7.47. The number of carboxylic acid groups (broad SMARTS) is 1. The SMILES string of the molecule is CCc1cc(C(Cc2cccc(C#N)c2)C(=O)O)ccc1OC. The highest BCUT2D eigenvalue weighted by Gasteiger charge is 2.21. The topological polar surface area (TPSA) is 70.3 Å². The number of carbonyl (C=O) groups is 1. The molecule has 0 aliphatic rings. The third-order valence-corrected chi connectivity index (χ3v) is 3.88. The Bertz CT molecular complexity index is 747. The van der Waals surface area contributed by atoms with Crippen molar-refractivity contribution in [2.45, 2.75) is 25.7 Å². The highest BCUT2D eigenvalue weighted by molar-refractivity contribution is 5.76. The lowest BCUT2D eigenvalue weighted by Crippen LogP contribution is -2.15. The van der Waals surface area contributed by atoms with Gasteiger partial charge in [0, 0.05) is 0 Å². The summed E-state index contributed by atoms with van der Waals surface area (Å²) in [6, 6.07) is 14.7. The van der Waals surface area contributed by atoms with Gasteiger partial charge < -0.3 is 9.84 Å². The average Bonchev–Trinajstić information content (AvgIpc) is 2.59. The van der Waals surface area contributed by atoms with E-state index in [-0.39, 0.29) is 0 Å². The molecule has 4 heteroatoms. The van der Waals surface area contributed by atoms with E-state index in [1.54, 1.807) is 31.4 Å². The molecule has 2 rings (SSSR count). The number of methoxy groups -OCH3 is 1. The first kappa shape index (κ1) is 16.6. The van der Waals surface area contributed by atoms with E-state index in [2.05, 4.69) is 6.07 Å². The van der Waals surface area contributed by atoms with E-state index in [4.69, 9.17) is 10.00 Å². The molecule has 1 N–H and O–H groups in total. The fourth-order valence-electron chi connectivity index (χ4n) is 2.64. The molecule has 2 aromatic carbocycles. The summed E-state index contributed by atoms with van der Waals surface area (Å²) in [5.41, 5.74) is 3.11. The summed E-state index contributed by atoms with van der Waals surface area (Å²) in [5.74, 6) is -0.758. The molecule has 0 heterocycles. The normalized spacial score (nSPS) is 11.5. The summed E-state index contributed by atoms with van der Waals surface area (Å²) in [6.07, 6.45) is 1.12. The first-order chi connectivity index (χ1) is 11.1. The molecule has 0 aromatic heterocycles. The molecule has 23 heavy (non-hydrogen) atoms. The number of hydrogen-bond donors (Lipinski definition) is 1. The Morgan fingerprint density at radius 2 is 2.09 bits per heavy atom. The molecule has 0 fully saturated rings. The fourth-order valence-corrected chi connectivity index (χ4v) is 2.64. The lowest BCUT2D eigenvalue weighted by molar-refractivity contribution is -0.138. The quantitative estimate of drug-likeness (QED) is 0.886. The summed E-state index contributed by atoms with van der Waals surface area (Å²) in [5, 5.41) is 18.6. The van der Waals surface area contributed by atoms with E-state index in [1.165, 1.54) is 0 Å². The van der Waals surface area contributed by atoms with Gasteiger partial charge in [-0.1, -0.05) is 31.2 Å². The summed E-state index contributed by atoms with van der Waals surface area (Å²) >= 11 is 0. The zero-order valence-corrected chi connectivity index (χ0v) is 13.2. The third-order valence-electron chi connectivity index (χ3n) is 3.88. The molecule has 2 aromatic rings. The number of rotatable bonds is 6. The smallest absolute Gasteiger partial charge is 0.311 e. The van der Waals surface area contributed by atoms with Crippen LogP contribution in [0.25, 0.3) is 0 Å². The maximum Gasteiger partial charge on any atom is 0.311 e. The molecule has 1 unspecified atom stereocenters. The molecule has 0 bridgehead atoms. The Kier molecular flexibility index (Phi) is 5.37. The Morgan fingerprint density at radius 3 is 2.70 bits per heavy atom. The standard InChI is InChI=1S/C19H19NO3/c1-3-15-11-16(7-8-18(15)23-2)17(19(21)22)10-13-5-4-6-14(9-13)12-20/h4-9,11,17H,3,10H2,1-2H3,(H,21,22). The molecule has 0 aliphatic heterocycles. The van der Waals surface area contributed by atoms with Gasteiger partial charge in [0.1, 0.15) is 5.75 Å². The van der Waals surface area contributed by atoms with Gasteiger partial charge in [-0.25, -0.2) is 0 Å². The van der Waals surface area contributed by atoms with Gasteiger partial charge in [0.15, 0.2) is 0 Å². The molecular weight excluding hydrogens is 290 g/mol. The molecule has 1 atom stereocenters. The second kappa shape index (κ2) is 7.46. The summed E-state index contributed by atoms with van der Waals surface area (Å²) in [7, 11) is 1.61. The van der Waals surface area contributed by atoms with Crippen molar-refractivity contribution in [3.63, 3.8) is 0 Å². The van der Waals surface area contributed by atoms with Crippen LogP contribution in [0, 0.1) is 11.3 Å². The van der Waals surface area contributed by atoms with Crippen molar-refractivity contribution in [3.8, 4) is 11.8 Å². The van der Waals surface area contributed by atoms with Crippen LogP contribution in [0.4, 0.5) is 0 Å². The van der Waals surface area contributed by atoms with Crippen molar-refractivity contribution in [2.24, 2.45) is 0 Å². The molecule has 0 saturated carbocycles. The zero-order valence-electron chi connectivity index (χ0n) is 13.2. The maximum absolute atomic E-state index is 11.7. The Balaban J connectivity index is 2.35. The molecular formula is C19H19NO3. The highest BCUT2D eigenvalue weighted by atomic mass is 16.5. The summed E-state index contributed by atoms with van der Waals surface area (Å²) < 4.78 is 5.30. The molecule has 0 aliphatic carbocycles. The second-order valence-corrected chi connectivity index (χ2v) is 5.33. The van der Waals surface area contributed by atoms with Gasteiger partial charge in [0.05, 0.1) is 24.7 Å². The van der Waals surface area contributed by atoms with Gasteiger partial charge in [-0.15, -0.1) is 0 Å². The van der Waals surface area contributed by atoms with E-state index >= 15 is 0 Å². The van der Waals surface area contributed by atoms with Crippen LogP contribution in [0.2, 0.25) is 0 Å². The molecule has 0 spiro atoms. The van der Waals surface area contributed by atoms with E-state index in [0.29, 0.717) is 12.0 Å². The second-order valence-electron chi connectivity index (χ2n) is 5.33. The van der Waals surface area contributed by atoms with Crippen molar-refractivity contribution in [2.75, 3.05) is 7.11 Å². The van der Waals surface area contributed by atoms with Crippen molar-refractivity contribution >= 4 is 5.97 Å². The Labute approximate surface area is 136 Å². The minimum Gasteiger partial charge on any atom is -0.496 e. The molecule has 0 radical (unpaired) electrons. The lowest BCUT2D eigenvalue weighted by Gasteiger charge is -2.16. The van der Waals surface area contributed by atoms with Crippen molar-refractivity contribution in [1.82, 2.24) is 0 Å². The average molecular weight is 309 g/mol. The molecule has 0 amide bonds. The van der Waals surface area contributed by atoms with Crippen LogP contribution in [0.1, 0.15) is 35.1 Å².